The van der Waals surface area contributed by atoms with Crippen molar-refractivity contribution in [3.05, 3.63) is 63.4 Å². The molecule has 0 amide bonds. The number of fused-ring (bicyclic) bond motifs is 5. The lowest BCUT2D eigenvalue weighted by Gasteiger charge is -2.43. The summed E-state index contributed by atoms with van der Waals surface area (Å²) in [6.45, 7) is 7.30. The number of hydrogen-bond donors (Lipinski definition) is 0. The summed E-state index contributed by atoms with van der Waals surface area (Å²) >= 11 is 0. The van der Waals surface area contributed by atoms with Crippen molar-refractivity contribution >= 4 is 35.0 Å². The van der Waals surface area contributed by atoms with E-state index in [0.29, 0.717) is 24.4 Å². The Morgan fingerprint density at radius 2 is 1.76 bits per heavy atom. The monoisotopic (exact) mass is 678 g/mol. The highest BCUT2D eigenvalue weighted by Crippen LogP contribution is 2.41. The van der Waals surface area contributed by atoms with Crippen molar-refractivity contribution in [2.45, 2.75) is 90.8 Å². The molecule has 3 aliphatic rings. The van der Waals surface area contributed by atoms with E-state index in [1.54, 1.807) is 17.6 Å². The van der Waals surface area contributed by atoms with Crippen LogP contribution in [-0.2, 0) is 66.3 Å². The minimum absolute atomic E-state index is 0.0422. The summed E-state index contributed by atoms with van der Waals surface area (Å²) in [6, 6.07) is 11.3. The van der Waals surface area contributed by atoms with Gasteiger partial charge in [-0.3, -0.25) is 14.4 Å². The van der Waals surface area contributed by atoms with Crippen LogP contribution < -0.4 is 5.56 Å². The van der Waals surface area contributed by atoms with Crippen molar-refractivity contribution in [2.24, 2.45) is 5.92 Å². The molecule has 1 saturated heterocycles. The lowest BCUT2D eigenvalue weighted by Crippen LogP contribution is -2.57. The van der Waals surface area contributed by atoms with Crippen molar-refractivity contribution in [3.63, 3.8) is 0 Å². The van der Waals surface area contributed by atoms with E-state index in [9.17, 15) is 24.0 Å². The van der Waals surface area contributed by atoms with Crippen molar-refractivity contribution in [3.8, 4) is 11.4 Å². The van der Waals surface area contributed by atoms with E-state index in [1.807, 2.05) is 44.2 Å². The second-order valence-corrected chi connectivity index (χ2v) is 12.3. The van der Waals surface area contributed by atoms with E-state index in [4.69, 9.17) is 38.1 Å². The maximum Gasteiger partial charge on any atom is 0.509 e. The van der Waals surface area contributed by atoms with E-state index in [-0.39, 0.29) is 54.9 Å². The second-order valence-electron chi connectivity index (χ2n) is 12.3. The number of cyclic esters (lactones) is 1. The molecule has 6 atom stereocenters. The molecule has 0 spiro atoms. The van der Waals surface area contributed by atoms with Gasteiger partial charge in [0.2, 0.25) is 5.60 Å². The molecule has 1 aromatic carbocycles. The minimum atomic E-state index is -1.95. The normalized spacial score (nSPS) is 25.4. The van der Waals surface area contributed by atoms with Crippen LogP contribution in [0.1, 0.15) is 64.2 Å². The van der Waals surface area contributed by atoms with Crippen molar-refractivity contribution in [1.82, 2.24) is 9.55 Å². The molecule has 0 unspecified atom stereocenters. The van der Waals surface area contributed by atoms with Gasteiger partial charge in [0.15, 0.2) is 12.4 Å². The van der Waals surface area contributed by atoms with Crippen molar-refractivity contribution < 1.29 is 52.3 Å². The highest BCUT2D eigenvalue weighted by molar-refractivity contribution is 5.87. The molecule has 1 fully saturated rings. The summed E-state index contributed by atoms with van der Waals surface area (Å²) in [5.41, 5.74) is 0.813. The number of nitrogens with zero attached hydrogens (tertiary/aromatic N) is 2. The van der Waals surface area contributed by atoms with Crippen LogP contribution >= 0.6 is 0 Å². The first-order valence-corrected chi connectivity index (χ1v) is 16.3. The molecule has 0 aliphatic carbocycles. The lowest BCUT2D eigenvalue weighted by atomic mass is 9.85. The van der Waals surface area contributed by atoms with Crippen LogP contribution in [0.15, 0.2) is 41.2 Å². The first kappa shape index (κ1) is 34.1. The number of hydrogen-bond acceptors (Lipinski definition) is 13. The maximum atomic E-state index is 13.8. The maximum absolute atomic E-state index is 13.8. The zero-order valence-corrected chi connectivity index (χ0v) is 27.9. The highest BCUT2D eigenvalue weighted by Gasteiger charge is 2.51. The van der Waals surface area contributed by atoms with E-state index in [1.165, 1.54) is 13.8 Å². The number of pyridine rings is 2. The Labute approximate surface area is 281 Å². The fourth-order valence-electron chi connectivity index (χ4n) is 6.87. The molecule has 3 aliphatic heterocycles. The minimum Gasteiger partial charge on any atom is -0.458 e. The highest BCUT2D eigenvalue weighted by atomic mass is 16.8. The predicted octanol–water partition coefficient (Wildman–Crippen LogP) is 3.89. The van der Waals surface area contributed by atoms with E-state index >= 15 is 0 Å². The van der Waals surface area contributed by atoms with Gasteiger partial charge in [-0.2, -0.15) is 0 Å². The van der Waals surface area contributed by atoms with Gasteiger partial charge in [-0.15, -0.1) is 0 Å². The quantitative estimate of drug-likeness (QED) is 0.142. The summed E-state index contributed by atoms with van der Waals surface area (Å²) in [5.74, 6) is -2.31. The lowest BCUT2D eigenvalue weighted by molar-refractivity contribution is -0.291. The Balaban J connectivity index is 1.19. The van der Waals surface area contributed by atoms with Gasteiger partial charge in [-0.25, -0.2) is 14.6 Å². The average Bonchev–Trinajstić information content (AvgIpc) is 3.43. The SMILES string of the molecule is CC[C@H]1O[C@@H](OCCOC(=O)O[C@]2(CC)C(=O)OCc3c2cc2n(c3=O)Cc3cc4ccccc4nc3-2)[C@H](OC(C)=O)[C@@H](OC(C)=O)[C@@H]1C. The van der Waals surface area contributed by atoms with Crippen LogP contribution in [-0.4, -0.2) is 71.4 Å². The fraction of sp³-hybridized carbons (Fsp3) is 0.486. The summed E-state index contributed by atoms with van der Waals surface area (Å²) in [4.78, 5) is 68.7. The smallest absolute Gasteiger partial charge is 0.458 e. The molecule has 0 N–H and O–H groups in total. The van der Waals surface area contributed by atoms with Crippen molar-refractivity contribution in [2.75, 3.05) is 13.2 Å². The Morgan fingerprint density at radius 3 is 2.47 bits per heavy atom. The summed E-state index contributed by atoms with van der Waals surface area (Å²) in [6.07, 6.45) is -4.07. The molecule has 0 bridgehead atoms. The van der Waals surface area contributed by atoms with Gasteiger partial charge < -0.3 is 37.7 Å². The van der Waals surface area contributed by atoms with Crippen LogP contribution in [0.5, 0.6) is 0 Å². The molecule has 6 rings (SSSR count). The summed E-state index contributed by atoms with van der Waals surface area (Å²) in [5, 5.41) is 0.934. The summed E-state index contributed by atoms with van der Waals surface area (Å²) in [7, 11) is 0. The molecule has 5 heterocycles. The van der Waals surface area contributed by atoms with Crippen LogP contribution in [0, 0.1) is 5.92 Å². The van der Waals surface area contributed by atoms with Gasteiger partial charge in [0.1, 0.15) is 19.3 Å². The topological polar surface area (TPSA) is 168 Å². The third kappa shape index (κ3) is 6.26. The van der Waals surface area contributed by atoms with Gasteiger partial charge in [0.05, 0.1) is 41.7 Å². The Kier molecular flexibility index (Phi) is 9.45. The third-order valence-electron chi connectivity index (χ3n) is 9.24. The van der Waals surface area contributed by atoms with Gasteiger partial charge in [0, 0.05) is 36.3 Å². The van der Waals surface area contributed by atoms with Crippen LogP contribution in [0.25, 0.3) is 22.3 Å². The van der Waals surface area contributed by atoms with Crippen LogP contribution in [0.3, 0.4) is 0 Å². The molecule has 260 valence electrons. The van der Waals surface area contributed by atoms with Crippen LogP contribution in [0.4, 0.5) is 4.79 Å². The van der Waals surface area contributed by atoms with Gasteiger partial charge in [-0.05, 0) is 31.0 Å². The number of rotatable bonds is 9. The molecule has 2 aromatic heterocycles. The first-order valence-electron chi connectivity index (χ1n) is 16.3. The number of ether oxygens (including phenoxy) is 7. The van der Waals surface area contributed by atoms with E-state index < -0.39 is 48.2 Å². The molecule has 0 radical (unpaired) electrons. The van der Waals surface area contributed by atoms with E-state index in [2.05, 4.69) is 0 Å². The number of para-hydroxylation sites is 1. The van der Waals surface area contributed by atoms with Gasteiger partial charge in [-0.1, -0.05) is 39.0 Å². The standard InChI is InChI=1S/C35H38N2O12/c1-6-27-18(3)29(46-19(4)38)30(47-20(5)39)32(48-27)43-12-13-44-34(42)49-35(7-2)24-15-26-28-22(14-21-10-8-9-11-25(21)36-28)16-37(26)31(40)23(24)17-45-33(35)41/h8-11,14-15,18,27,29-30,32H,6-7,12-13,16-17H2,1-5H3/t18-,27-,29+,30-,32-,35+/m1/s1. The Morgan fingerprint density at radius 1 is 1.02 bits per heavy atom. The molecule has 0 saturated carbocycles. The number of benzene rings is 1. The Hall–Kier alpha value is -4.82. The average molecular weight is 679 g/mol. The van der Waals surface area contributed by atoms with Crippen molar-refractivity contribution in [1.29, 1.82) is 0 Å². The third-order valence-corrected chi connectivity index (χ3v) is 9.24. The molecule has 14 nitrogen and oxygen atoms in total. The first-order chi connectivity index (χ1) is 23.5. The summed E-state index contributed by atoms with van der Waals surface area (Å²) < 4.78 is 40.7. The number of aromatic nitrogens is 2. The molecule has 49 heavy (non-hydrogen) atoms. The number of carbonyl (C=O) groups excluding carboxylic acids is 4. The number of carbonyl (C=O) groups is 4. The predicted molar refractivity (Wildman–Crippen MR) is 170 cm³/mol. The number of esters is 3. The molecule has 14 heteroatoms. The molecular formula is C35H38N2O12. The zero-order valence-electron chi connectivity index (χ0n) is 27.9. The van der Waals surface area contributed by atoms with E-state index in [0.717, 1.165) is 16.5 Å². The zero-order chi connectivity index (χ0) is 35.0. The largest absolute Gasteiger partial charge is 0.509 e. The second kappa shape index (κ2) is 13.6. The van der Waals surface area contributed by atoms with Gasteiger partial charge >= 0.3 is 24.1 Å². The molecule has 3 aromatic rings. The van der Waals surface area contributed by atoms with Gasteiger partial charge in [0.25, 0.3) is 5.56 Å². The van der Waals surface area contributed by atoms with Crippen LogP contribution in [0.2, 0.25) is 0 Å². The Bertz CT molecular complexity index is 1870. The molecular weight excluding hydrogens is 640 g/mol. The fourth-order valence-corrected chi connectivity index (χ4v) is 6.87.